The molecule has 0 unspecified atom stereocenters. The summed E-state index contributed by atoms with van der Waals surface area (Å²) in [7, 11) is -0.461. The van der Waals surface area contributed by atoms with Gasteiger partial charge in [0.05, 0.1) is 11.2 Å². The van der Waals surface area contributed by atoms with Crippen molar-refractivity contribution in [2.75, 3.05) is 5.32 Å². The number of amides is 1. The molecule has 1 amide bonds. The van der Waals surface area contributed by atoms with E-state index < -0.39 is 18.3 Å². The maximum atomic E-state index is 12.8. The van der Waals surface area contributed by atoms with Crippen LogP contribution in [0.25, 0.3) is 0 Å². The second kappa shape index (κ2) is 9.18. The van der Waals surface area contributed by atoms with E-state index in [0.29, 0.717) is 5.57 Å². The van der Waals surface area contributed by atoms with E-state index in [2.05, 4.69) is 32.2 Å². The van der Waals surface area contributed by atoms with Crippen LogP contribution >= 0.6 is 0 Å². The normalized spacial score (nSPS) is 19.2. The van der Waals surface area contributed by atoms with Crippen molar-refractivity contribution in [1.29, 1.82) is 0 Å². The Labute approximate surface area is 188 Å². The zero-order chi connectivity index (χ0) is 23.6. The van der Waals surface area contributed by atoms with Crippen molar-refractivity contribution in [2.24, 2.45) is 5.41 Å². The van der Waals surface area contributed by atoms with E-state index in [-0.39, 0.29) is 11.3 Å². The predicted octanol–water partition coefficient (Wildman–Crippen LogP) is 5.73. The molecule has 1 N–H and O–H groups in total. The Morgan fingerprint density at radius 2 is 1.65 bits per heavy atom. The summed E-state index contributed by atoms with van der Waals surface area (Å²) in [6.07, 6.45) is 8.00. The third-order valence-corrected chi connectivity index (χ3v) is 6.21. The maximum Gasteiger partial charge on any atom is 0.495 e. The number of nitrogens with one attached hydrogen (secondary N) is 1. The topological polar surface area (TPSA) is 47.6 Å². The number of hydrogen-bond donors (Lipinski definition) is 1. The second-order valence-electron chi connectivity index (χ2n) is 10.3. The lowest BCUT2D eigenvalue weighted by Crippen LogP contribution is -2.41. The molecule has 4 nitrogen and oxygen atoms in total. The molecule has 5 heteroatoms. The Balaban J connectivity index is 2.24. The number of carbonyl (C=O) groups excluding carboxylic acids is 1. The van der Waals surface area contributed by atoms with E-state index >= 15 is 0 Å². The van der Waals surface area contributed by atoms with E-state index in [1.807, 2.05) is 84.9 Å². The van der Waals surface area contributed by atoms with Gasteiger partial charge in [0, 0.05) is 11.3 Å². The molecule has 1 heterocycles. The Morgan fingerprint density at radius 1 is 1.06 bits per heavy atom. The fourth-order valence-electron chi connectivity index (χ4n) is 3.26. The van der Waals surface area contributed by atoms with Gasteiger partial charge in [-0.25, -0.2) is 0 Å². The summed E-state index contributed by atoms with van der Waals surface area (Å²) < 4.78 is 12.4. The van der Waals surface area contributed by atoms with Gasteiger partial charge in [0.25, 0.3) is 5.91 Å². The van der Waals surface area contributed by atoms with Gasteiger partial charge in [-0.2, -0.15) is 0 Å². The summed E-state index contributed by atoms with van der Waals surface area (Å²) in [5.74, 6) is -0.126. The van der Waals surface area contributed by atoms with Crippen molar-refractivity contribution in [3.05, 3.63) is 59.2 Å². The average Bonchev–Trinajstić information content (AvgIpc) is 2.86. The van der Waals surface area contributed by atoms with Crippen molar-refractivity contribution in [3.63, 3.8) is 0 Å². The van der Waals surface area contributed by atoms with Gasteiger partial charge >= 0.3 is 7.12 Å². The fraction of sp³-hybridized carbons (Fsp3) is 0.500. The lowest BCUT2D eigenvalue weighted by Gasteiger charge is -2.32. The molecule has 0 saturated carbocycles. The third-order valence-electron chi connectivity index (χ3n) is 6.21. The third kappa shape index (κ3) is 5.78. The Bertz CT molecular complexity index is 901. The Kier molecular flexibility index (Phi) is 7.45. The molecule has 31 heavy (non-hydrogen) atoms. The van der Waals surface area contributed by atoms with Crippen LogP contribution in [0.3, 0.4) is 0 Å². The SMILES string of the molecule is C\C=C/C(=C\C=C(/C)C(=O)Nc1cccc(B2OC(C)(C)C(C)(C)O2)c1C)C(C)(C)C. The van der Waals surface area contributed by atoms with Gasteiger partial charge in [0.1, 0.15) is 0 Å². The highest BCUT2D eigenvalue weighted by molar-refractivity contribution is 6.62. The summed E-state index contributed by atoms with van der Waals surface area (Å²) in [4.78, 5) is 12.8. The summed E-state index contributed by atoms with van der Waals surface area (Å²) in [6.45, 7) is 20.4. The predicted molar refractivity (Wildman–Crippen MR) is 132 cm³/mol. The first-order valence-electron chi connectivity index (χ1n) is 11.0. The van der Waals surface area contributed by atoms with E-state index in [0.717, 1.165) is 16.7 Å². The smallest absolute Gasteiger partial charge is 0.399 e. The van der Waals surface area contributed by atoms with Crippen LogP contribution in [0.1, 0.15) is 67.9 Å². The molecule has 168 valence electrons. The molecule has 0 aliphatic carbocycles. The lowest BCUT2D eigenvalue weighted by atomic mass is 9.76. The van der Waals surface area contributed by atoms with Gasteiger partial charge in [0.2, 0.25) is 0 Å². The molecule has 0 atom stereocenters. The molecule has 1 aromatic rings. The van der Waals surface area contributed by atoms with Crippen molar-refractivity contribution < 1.29 is 14.1 Å². The Morgan fingerprint density at radius 3 is 2.16 bits per heavy atom. The van der Waals surface area contributed by atoms with Gasteiger partial charge in [0.15, 0.2) is 0 Å². The van der Waals surface area contributed by atoms with Gasteiger partial charge in [-0.1, -0.05) is 57.2 Å². The number of rotatable bonds is 5. The van der Waals surface area contributed by atoms with Crippen LogP contribution < -0.4 is 10.8 Å². The first-order valence-corrected chi connectivity index (χ1v) is 11.0. The monoisotopic (exact) mass is 423 g/mol. The molecule has 0 spiro atoms. The second-order valence-corrected chi connectivity index (χ2v) is 10.3. The zero-order valence-electron chi connectivity index (χ0n) is 20.8. The highest BCUT2D eigenvalue weighted by Gasteiger charge is 2.52. The van der Waals surface area contributed by atoms with Crippen LogP contribution in [0, 0.1) is 12.3 Å². The molecular weight excluding hydrogens is 385 g/mol. The van der Waals surface area contributed by atoms with E-state index in [9.17, 15) is 4.79 Å². The van der Waals surface area contributed by atoms with Gasteiger partial charge in [-0.05, 0) is 76.5 Å². The quantitative estimate of drug-likeness (QED) is 0.374. The molecule has 1 aromatic carbocycles. The first-order chi connectivity index (χ1) is 14.2. The molecule has 0 aromatic heterocycles. The number of benzene rings is 1. The van der Waals surface area contributed by atoms with E-state index in [1.54, 1.807) is 0 Å². The van der Waals surface area contributed by atoms with Crippen LogP contribution in [0.15, 0.2) is 53.6 Å². The molecule has 1 saturated heterocycles. The van der Waals surface area contributed by atoms with Gasteiger partial charge < -0.3 is 14.6 Å². The van der Waals surface area contributed by atoms with Crippen LogP contribution in [-0.2, 0) is 14.1 Å². The Hall–Kier alpha value is -2.11. The van der Waals surface area contributed by atoms with Crippen molar-refractivity contribution in [3.8, 4) is 0 Å². The number of allylic oxidation sites excluding steroid dienone is 5. The van der Waals surface area contributed by atoms with Crippen LogP contribution in [0.4, 0.5) is 5.69 Å². The summed E-state index contributed by atoms with van der Waals surface area (Å²) in [5, 5.41) is 3.04. The highest BCUT2D eigenvalue weighted by atomic mass is 16.7. The minimum Gasteiger partial charge on any atom is -0.399 e. The molecular formula is C26H38BNO3. The van der Waals surface area contributed by atoms with Crippen molar-refractivity contribution in [2.45, 2.75) is 80.4 Å². The van der Waals surface area contributed by atoms with E-state index in [4.69, 9.17) is 9.31 Å². The van der Waals surface area contributed by atoms with Crippen molar-refractivity contribution in [1.82, 2.24) is 0 Å². The molecule has 0 radical (unpaired) electrons. The summed E-state index contributed by atoms with van der Waals surface area (Å²) in [6, 6.07) is 5.82. The van der Waals surface area contributed by atoms with Gasteiger partial charge in [-0.15, -0.1) is 0 Å². The fourth-order valence-corrected chi connectivity index (χ4v) is 3.26. The summed E-state index contributed by atoms with van der Waals surface area (Å²) >= 11 is 0. The lowest BCUT2D eigenvalue weighted by molar-refractivity contribution is -0.112. The average molecular weight is 423 g/mol. The molecule has 2 rings (SSSR count). The minimum atomic E-state index is -0.461. The molecule has 1 aliphatic rings. The van der Waals surface area contributed by atoms with Crippen LogP contribution in [0.2, 0.25) is 0 Å². The number of carbonyl (C=O) groups is 1. The zero-order valence-corrected chi connectivity index (χ0v) is 20.8. The number of anilines is 1. The largest absolute Gasteiger partial charge is 0.495 e. The summed E-state index contributed by atoms with van der Waals surface area (Å²) in [5.41, 5.74) is 3.64. The van der Waals surface area contributed by atoms with Crippen molar-refractivity contribution >= 4 is 24.2 Å². The first kappa shape index (κ1) is 25.2. The molecule has 1 aliphatic heterocycles. The van der Waals surface area contributed by atoms with Gasteiger partial charge in [-0.3, -0.25) is 4.79 Å². The molecule has 0 bridgehead atoms. The standard InChI is InChI=1S/C26H38BNO3/c1-11-13-20(24(4,5)6)17-16-18(2)23(29)28-22-15-12-14-21(19(22)3)27-30-25(7,8)26(9,10)31-27/h11-17H,1-10H3,(H,28,29)/b13-11-,18-16+,20-17+. The van der Waals surface area contributed by atoms with Crippen LogP contribution in [-0.4, -0.2) is 24.2 Å². The number of hydrogen-bond acceptors (Lipinski definition) is 3. The highest BCUT2D eigenvalue weighted by Crippen LogP contribution is 2.37. The molecule has 1 fully saturated rings. The van der Waals surface area contributed by atoms with Crippen LogP contribution in [0.5, 0.6) is 0 Å². The minimum absolute atomic E-state index is 0.00746. The maximum absolute atomic E-state index is 12.8. The van der Waals surface area contributed by atoms with E-state index in [1.165, 1.54) is 5.57 Å².